The maximum atomic E-state index is 12.1. The fourth-order valence-electron chi connectivity index (χ4n) is 2.50. The van der Waals surface area contributed by atoms with E-state index in [1.165, 1.54) is 0 Å². The quantitative estimate of drug-likeness (QED) is 0.622. The molecule has 2 rings (SSSR count). The molecule has 6 heteroatoms. The smallest absolute Gasteiger partial charge is 0.326 e. The van der Waals surface area contributed by atoms with Crippen LogP contribution in [0, 0.1) is 5.92 Å². The normalized spacial score (nSPS) is 15.1. The molecule has 0 aliphatic heterocycles. The van der Waals surface area contributed by atoms with E-state index >= 15 is 0 Å². The predicted molar refractivity (Wildman–Crippen MR) is 89.0 cm³/mol. The molecule has 3 atom stereocenters. The van der Waals surface area contributed by atoms with E-state index in [0.29, 0.717) is 0 Å². The number of carboxylic acid groups (broad SMARTS) is 1. The van der Waals surface area contributed by atoms with Gasteiger partial charge in [-0.1, -0.05) is 38.5 Å². The lowest BCUT2D eigenvalue weighted by atomic mass is 9.98. The Morgan fingerprint density at radius 1 is 1.35 bits per heavy atom. The van der Waals surface area contributed by atoms with Crippen LogP contribution >= 0.6 is 0 Å². The highest BCUT2D eigenvalue weighted by Crippen LogP contribution is 2.19. The number of carboxylic acids is 1. The molecule has 0 spiro atoms. The third-order valence-corrected chi connectivity index (χ3v) is 4.27. The van der Waals surface area contributed by atoms with Gasteiger partial charge in [0.15, 0.2) is 0 Å². The average molecular weight is 317 g/mol. The van der Waals surface area contributed by atoms with E-state index in [1.54, 1.807) is 6.20 Å². The molecule has 2 aromatic rings. The number of hydrogen-bond acceptors (Lipinski definition) is 3. The van der Waals surface area contributed by atoms with Gasteiger partial charge in [-0.15, -0.1) is 0 Å². The highest BCUT2D eigenvalue weighted by Gasteiger charge is 2.26. The first-order valence-corrected chi connectivity index (χ1v) is 7.77. The van der Waals surface area contributed by atoms with E-state index in [2.05, 4.69) is 10.3 Å². The minimum atomic E-state index is -1.07. The zero-order valence-electron chi connectivity index (χ0n) is 13.4. The molecule has 1 aromatic carbocycles. The monoisotopic (exact) mass is 317 g/mol. The molecule has 6 nitrogen and oxygen atoms in total. The number of aliphatic carboxylic acids is 1. The van der Waals surface area contributed by atoms with Crippen molar-refractivity contribution in [3.8, 4) is 0 Å². The van der Waals surface area contributed by atoms with E-state index in [0.717, 1.165) is 22.9 Å². The Balaban J connectivity index is 2.13. The van der Waals surface area contributed by atoms with Crippen molar-refractivity contribution < 1.29 is 14.7 Å². The summed E-state index contributed by atoms with van der Waals surface area (Å²) in [5, 5.41) is 12.9. The second-order valence-corrected chi connectivity index (χ2v) is 5.87. The number of aromatic nitrogens is 1. The largest absolute Gasteiger partial charge is 0.480 e. The molecule has 1 heterocycles. The van der Waals surface area contributed by atoms with Gasteiger partial charge in [0.1, 0.15) is 6.04 Å². The van der Waals surface area contributed by atoms with Crippen LogP contribution in [0.3, 0.4) is 0 Å². The second kappa shape index (κ2) is 7.28. The Bertz CT molecular complexity index is 695. The Kier molecular flexibility index (Phi) is 5.39. The van der Waals surface area contributed by atoms with Crippen molar-refractivity contribution in [1.82, 2.24) is 10.3 Å². The molecule has 1 amide bonds. The third-order valence-electron chi connectivity index (χ3n) is 4.27. The number of amides is 1. The zero-order chi connectivity index (χ0) is 17.0. The number of nitrogens with one attached hydrogen (secondary N) is 2. The molecule has 0 aliphatic rings. The molecule has 124 valence electrons. The number of fused-ring (bicyclic) bond motifs is 1. The summed E-state index contributed by atoms with van der Waals surface area (Å²) in [5.74, 6) is -1.50. The van der Waals surface area contributed by atoms with Gasteiger partial charge >= 0.3 is 5.97 Å². The van der Waals surface area contributed by atoms with Crippen LogP contribution in [0.2, 0.25) is 0 Å². The van der Waals surface area contributed by atoms with E-state index in [9.17, 15) is 14.7 Å². The predicted octanol–water partition coefficient (Wildman–Crippen LogP) is 1.65. The number of hydrogen-bond donors (Lipinski definition) is 4. The fraction of sp³-hybridized carbons (Fsp3) is 0.412. The second-order valence-electron chi connectivity index (χ2n) is 5.87. The number of carbonyl (C=O) groups excluding carboxylic acids is 1. The topological polar surface area (TPSA) is 108 Å². The maximum Gasteiger partial charge on any atom is 0.326 e. The summed E-state index contributed by atoms with van der Waals surface area (Å²) in [7, 11) is 0. The summed E-state index contributed by atoms with van der Waals surface area (Å²) in [6.07, 6.45) is 2.74. The van der Waals surface area contributed by atoms with Crippen LogP contribution < -0.4 is 11.1 Å². The maximum absolute atomic E-state index is 12.1. The first kappa shape index (κ1) is 17.0. The summed E-state index contributed by atoms with van der Waals surface area (Å²) in [4.78, 5) is 26.7. The molecule has 0 fully saturated rings. The molecular formula is C17H23N3O3. The van der Waals surface area contributed by atoms with Crippen molar-refractivity contribution in [2.75, 3.05) is 0 Å². The lowest BCUT2D eigenvalue weighted by Crippen LogP contribution is -2.51. The minimum absolute atomic E-state index is 0.00228. The van der Waals surface area contributed by atoms with Crippen molar-refractivity contribution >= 4 is 22.8 Å². The van der Waals surface area contributed by atoms with E-state index in [1.807, 2.05) is 38.1 Å². The summed E-state index contributed by atoms with van der Waals surface area (Å²) >= 11 is 0. The highest BCUT2D eigenvalue weighted by molar-refractivity contribution is 5.88. The van der Waals surface area contributed by atoms with E-state index in [4.69, 9.17) is 5.73 Å². The lowest BCUT2D eigenvalue weighted by Gasteiger charge is -2.21. The number of H-pyrrole nitrogens is 1. The SMILES string of the molecule is CC[C@H](C)[C@@H](N)C(=O)N[C@@H](Cc1c[nH]c2ccccc12)C(=O)O. The number of aromatic amines is 1. The third kappa shape index (κ3) is 3.90. The first-order chi connectivity index (χ1) is 10.9. The van der Waals surface area contributed by atoms with Crippen molar-refractivity contribution in [2.24, 2.45) is 11.7 Å². The molecule has 0 aliphatic carbocycles. The average Bonchev–Trinajstić information content (AvgIpc) is 2.95. The minimum Gasteiger partial charge on any atom is -0.480 e. The molecule has 1 aromatic heterocycles. The number of rotatable bonds is 7. The van der Waals surface area contributed by atoms with Crippen LogP contribution in [0.15, 0.2) is 30.5 Å². The first-order valence-electron chi connectivity index (χ1n) is 7.77. The van der Waals surface area contributed by atoms with Crippen molar-refractivity contribution in [1.29, 1.82) is 0 Å². The van der Waals surface area contributed by atoms with Gasteiger partial charge in [-0.3, -0.25) is 4.79 Å². The van der Waals surface area contributed by atoms with Gasteiger partial charge < -0.3 is 21.1 Å². The summed E-state index contributed by atoms with van der Waals surface area (Å²) < 4.78 is 0. The Morgan fingerprint density at radius 3 is 2.70 bits per heavy atom. The number of carbonyl (C=O) groups is 2. The van der Waals surface area contributed by atoms with Crippen LogP contribution in [0.5, 0.6) is 0 Å². The fourth-order valence-corrected chi connectivity index (χ4v) is 2.50. The Morgan fingerprint density at radius 2 is 2.04 bits per heavy atom. The zero-order valence-corrected chi connectivity index (χ0v) is 13.4. The molecular weight excluding hydrogens is 294 g/mol. The van der Waals surface area contributed by atoms with Gasteiger partial charge in [0.2, 0.25) is 5.91 Å². The van der Waals surface area contributed by atoms with Crippen molar-refractivity contribution in [3.05, 3.63) is 36.0 Å². The van der Waals surface area contributed by atoms with Crippen LogP contribution in [0.4, 0.5) is 0 Å². The van der Waals surface area contributed by atoms with Crippen LogP contribution in [-0.2, 0) is 16.0 Å². The lowest BCUT2D eigenvalue weighted by molar-refractivity contribution is -0.142. The molecule has 0 saturated carbocycles. The van der Waals surface area contributed by atoms with Gasteiger partial charge in [0.25, 0.3) is 0 Å². The van der Waals surface area contributed by atoms with Gasteiger partial charge in [-0.2, -0.15) is 0 Å². The number of para-hydroxylation sites is 1. The molecule has 0 radical (unpaired) electrons. The molecule has 5 N–H and O–H groups in total. The molecule has 0 saturated heterocycles. The Labute approximate surface area is 135 Å². The summed E-state index contributed by atoms with van der Waals surface area (Å²) in [6.45, 7) is 3.82. The van der Waals surface area contributed by atoms with Gasteiger partial charge in [-0.05, 0) is 17.5 Å². The molecule has 0 bridgehead atoms. The van der Waals surface area contributed by atoms with Crippen molar-refractivity contribution in [3.63, 3.8) is 0 Å². The molecule has 0 unspecified atom stereocenters. The van der Waals surface area contributed by atoms with Crippen LogP contribution in [-0.4, -0.2) is 34.1 Å². The number of nitrogens with two attached hydrogens (primary N) is 1. The summed E-state index contributed by atoms with van der Waals surface area (Å²) in [6, 6.07) is 5.94. The van der Waals surface area contributed by atoms with Crippen LogP contribution in [0.1, 0.15) is 25.8 Å². The Hall–Kier alpha value is -2.34. The summed E-state index contributed by atoms with van der Waals surface area (Å²) in [5.41, 5.74) is 7.66. The van der Waals surface area contributed by atoms with E-state index < -0.39 is 24.0 Å². The van der Waals surface area contributed by atoms with Crippen LogP contribution in [0.25, 0.3) is 10.9 Å². The van der Waals surface area contributed by atoms with Gasteiger partial charge in [-0.25, -0.2) is 4.79 Å². The van der Waals surface area contributed by atoms with E-state index in [-0.39, 0.29) is 12.3 Å². The molecule has 23 heavy (non-hydrogen) atoms. The van der Waals surface area contributed by atoms with Gasteiger partial charge in [0, 0.05) is 23.5 Å². The van der Waals surface area contributed by atoms with Gasteiger partial charge in [0.05, 0.1) is 6.04 Å². The highest BCUT2D eigenvalue weighted by atomic mass is 16.4. The number of benzene rings is 1. The van der Waals surface area contributed by atoms with Crippen molar-refractivity contribution in [2.45, 2.75) is 38.8 Å². The standard InChI is InChI=1S/C17H23N3O3/c1-3-10(2)15(18)16(21)20-14(17(22)23)8-11-9-19-13-7-5-4-6-12(11)13/h4-7,9-10,14-15,19H,3,8,18H2,1-2H3,(H,20,21)(H,22,23)/t10-,14-,15+/m0/s1.